The van der Waals surface area contributed by atoms with Gasteiger partial charge >= 0.3 is 0 Å². The van der Waals surface area contributed by atoms with Crippen molar-refractivity contribution in [1.29, 1.82) is 0 Å². The van der Waals surface area contributed by atoms with Gasteiger partial charge in [0.25, 0.3) is 0 Å². The van der Waals surface area contributed by atoms with E-state index in [4.69, 9.17) is 4.74 Å². The molecule has 6 aliphatic rings. The van der Waals surface area contributed by atoms with E-state index in [9.17, 15) is 4.39 Å². The van der Waals surface area contributed by atoms with E-state index in [0.29, 0.717) is 39.6 Å². The Morgan fingerprint density at radius 2 is 1.62 bits per heavy atom. The Hall–Kier alpha value is -1.35. The molecule has 1 N–H and O–H groups in total. The van der Waals surface area contributed by atoms with Crippen LogP contribution in [0.3, 0.4) is 0 Å². The van der Waals surface area contributed by atoms with Crippen LogP contribution in [0.2, 0.25) is 0 Å². The van der Waals surface area contributed by atoms with Gasteiger partial charge in [-0.1, -0.05) is 48.5 Å². The molecule has 8 rings (SSSR count). The van der Waals surface area contributed by atoms with Gasteiger partial charge in [0.05, 0.1) is 12.7 Å². The molecule has 1 aromatic carbocycles. The van der Waals surface area contributed by atoms with Crippen LogP contribution in [0.25, 0.3) is 10.9 Å². The second-order valence-corrected chi connectivity index (χ2v) is 17.3. The lowest BCUT2D eigenvalue weighted by Gasteiger charge is -2.73. The molecule has 2 nitrogen and oxygen atoms in total. The van der Waals surface area contributed by atoms with E-state index in [1.54, 1.807) is 12.1 Å². The van der Waals surface area contributed by atoms with E-state index in [2.05, 4.69) is 53.5 Å². The third-order valence-corrected chi connectivity index (χ3v) is 15.3. The normalized spacial score (nSPS) is 49.0. The molecule has 0 amide bonds. The van der Waals surface area contributed by atoms with Crippen LogP contribution in [-0.4, -0.2) is 17.7 Å². The first kappa shape index (κ1) is 25.4. The maximum absolute atomic E-state index is 14.5. The topological polar surface area (TPSA) is 25.0 Å². The molecule has 0 unspecified atom stereocenters. The molecule has 0 radical (unpaired) electrons. The van der Waals surface area contributed by atoms with Gasteiger partial charge in [0.1, 0.15) is 5.82 Å². The number of benzene rings is 1. The Balaban J connectivity index is 1.23. The van der Waals surface area contributed by atoms with Crippen molar-refractivity contribution in [3.8, 4) is 0 Å². The van der Waals surface area contributed by atoms with E-state index in [1.165, 1.54) is 62.6 Å². The lowest BCUT2D eigenvalue weighted by molar-refractivity contribution is -0.232. The quantitative estimate of drug-likeness (QED) is 0.360. The zero-order valence-corrected chi connectivity index (χ0v) is 25.5. The Labute approximate surface area is 235 Å². The van der Waals surface area contributed by atoms with Crippen LogP contribution < -0.4 is 0 Å². The fourth-order valence-electron chi connectivity index (χ4n) is 13.3. The third-order valence-electron chi connectivity index (χ3n) is 15.3. The molecular weight excluding hydrogens is 481 g/mol. The predicted molar refractivity (Wildman–Crippen MR) is 156 cm³/mol. The maximum atomic E-state index is 14.5. The molecule has 2 aromatic rings. The molecule has 9 atom stereocenters. The first-order chi connectivity index (χ1) is 18.3. The summed E-state index contributed by atoms with van der Waals surface area (Å²) in [6.45, 7) is 19.1. The average Bonchev–Trinajstić information content (AvgIpc) is 3.39. The van der Waals surface area contributed by atoms with Gasteiger partial charge in [0.2, 0.25) is 0 Å². The van der Waals surface area contributed by atoms with Gasteiger partial charge in [-0.2, -0.15) is 0 Å². The van der Waals surface area contributed by atoms with E-state index in [-0.39, 0.29) is 16.6 Å². The van der Waals surface area contributed by atoms with Crippen molar-refractivity contribution in [3.63, 3.8) is 0 Å². The summed E-state index contributed by atoms with van der Waals surface area (Å²) in [5.41, 5.74) is 5.66. The smallest absolute Gasteiger partial charge is 0.123 e. The molecule has 4 saturated carbocycles. The van der Waals surface area contributed by atoms with Crippen molar-refractivity contribution in [2.75, 3.05) is 6.61 Å². The number of halogens is 1. The lowest BCUT2D eigenvalue weighted by atomic mass is 9.31. The van der Waals surface area contributed by atoms with Crippen LogP contribution in [0.1, 0.15) is 111 Å². The Morgan fingerprint density at radius 3 is 2.41 bits per heavy atom. The van der Waals surface area contributed by atoms with Gasteiger partial charge in [-0.05, 0) is 132 Å². The molecule has 1 aliphatic heterocycles. The molecular formula is C36H50FNO. The fraction of sp³-hybridized carbons (Fsp3) is 0.778. The molecule has 39 heavy (non-hydrogen) atoms. The zero-order chi connectivity index (χ0) is 27.4. The number of nitrogens with one attached hydrogen (secondary N) is 1. The molecule has 2 heterocycles. The molecule has 3 heteroatoms. The molecule has 2 bridgehead atoms. The van der Waals surface area contributed by atoms with E-state index in [0.717, 1.165) is 35.8 Å². The van der Waals surface area contributed by atoms with Crippen molar-refractivity contribution < 1.29 is 9.13 Å². The number of aromatic nitrogens is 1. The monoisotopic (exact) mass is 531 g/mol. The second kappa shape index (κ2) is 7.34. The van der Waals surface area contributed by atoms with Crippen molar-refractivity contribution in [3.05, 3.63) is 35.3 Å². The average molecular weight is 532 g/mol. The van der Waals surface area contributed by atoms with Crippen molar-refractivity contribution in [1.82, 2.24) is 4.98 Å². The number of hydrogen-bond donors (Lipinski definition) is 1. The highest BCUT2D eigenvalue weighted by Crippen LogP contribution is 2.77. The molecule has 1 aromatic heterocycles. The number of rotatable bonds is 0. The minimum atomic E-state index is -0.112. The third kappa shape index (κ3) is 2.83. The van der Waals surface area contributed by atoms with Crippen LogP contribution >= 0.6 is 0 Å². The summed E-state index contributed by atoms with van der Waals surface area (Å²) in [5.74, 6) is 2.78. The highest BCUT2D eigenvalue weighted by Gasteiger charge is 2.72. The van der Waals surface area contributed by atoms with Crippen LogP contribution in [0, 0.1) is 56.6 Å². The van der Waals surface area contributed by atoms with Gasteiger partial charge in [-0.3, -0.25) is 0 Å². The highest BCUT2D eigenvalue weighted by atomic mass is 19.1. The van der Waals surface area contributed by atoms with Crippen LogP contribution in [0.5, 0.6) is 0 Å². The van der Waals surface area contributed by atoms with E-state index < -0.39 is 0 Å². The summed E-state index contributed by atoms with van der Waals surface area (Å²) in [6, 6.07) is 5.37. The number of fused-ring (bicyclic) bond motifs is 8. The lowest BCUT2D eigenvalue weighted by Crippen LogP contribution is -2.67. The van der Waals surface area contributed by atoms with Crippen molar-refractivity contribution in [2.45, 2.75) is 118 Å². The highest BCUT2D eigenvalue weighted by molar-refractivity contribution is 5.85. The summed E-state index contributed by atoms with van der Waals surface area (Å²) in [5, 5.41) is 1.13. The SMILES string of the molecule is CC1(C)CC[C@]23CC[C@]4(C)[C@H](CC[C@@H]5[C@@]6(C)Cc7c([nH]c8ccc(F)cc78)C(C)(C)[C@@H]6CC[C@]54C)[C@H]2[C@H]1OC3. The molecule has 5 fully saturated rings. The number of H-pyrrole nitrogens is 1. The predicted octanol–water partition coefficient (Wildman–Crippen LogP) is 9.21. The van der Waals surface area contributed by atoms with E-state index >= 15 is 0 Å². The summed E-state index contributed by atoms with van der Waals surface area (Å²) >= 11 is 0. The summed E-state index contributed by atoms with van der Waals surface area (Å²) in [6.07, 6.45) is 12.4. The minimum absolute atomic E-state index is 0.0634. The molecule has 0 spiro atoms. The number of ether oxygens (including phenoxy) is 1. The van der Waals surface area contributed by atoms with Crippen LogP contribution in [0.4, 0.5) is 4.39 Å². The van der Waals surface area contributed by atoms with Crippen LogP contribution in [0.15, 0.2) is 18.2 Å². The minimum Gasteiger partial charge on any atom is -0.377 e. The number of hydrogen-bond acceptors (Lipinski definition) is 1. The summed E-state index contributed by atoms with van der Waals surface area (Å²) in [4.78, 5) is 3.79. The van der Waals surface area contributed by atoms with Crippen LogP contribution in [-0.2, 0) is 16.6 Å². The standard InChI is InChI=1S/C36H50FNO/c1-31(2)14-16-36-17-15-34(6)24(28(36)30(31)39-20-36)9-11-27-33(5)19-23-22-18-21(37)8-10-25(22)38-29(23)32(3,4)26(33)12-13-35(27,34)7/h8,10,18,24,26-28,30,38H,9,11-17,19-20H2,1-7H3/t24-,26+,27-,28+,30-,33+,34-,35-,36-/m1/s1. The van der Waals surface area contributed by atoms with E-state index in [1.807, 2.05) is 6.07 Å². The molecule has 1 saturated heterocycles. The maximum Gasteiger partial charge on any atom is 0.123 e. The van der Waals surface area contributed by atoms with Crippen molar-refractivity contribution in [2.24, 2.45) is 50.7 Å². The molecule has 212 valence electrons. The Bertz CT molecular complexity index is 1370. The zero-order valence-electron chi connectivity index (χ0n) is 25.5. The Morgan fingerprint density at radius 1 is 0.846 bits per heavy atom. The summed E-state index contributed by atoms with van der Waals surface area (Å²) < 4.78 is 21.3. The second-order valence-electron chi connectivity index (χ2n) is 17.3. The van der Waals surface area contributed by atoms with Gasteiger partial charge in [-0.25, -0.2) is 4.39 Å². The van der Waals surface area contributed by atoms with Gasteiger partial charge in [0.15, 0.2) is 0 Å². The Kier molecular flexibility index (Phi) is 4.78. The summed E-state index contributed by atoms with van der Waals surface area (Å²) in [7, 11) is 0. The largest absolute Gasteiger partial charge is 0.377 e. The number of aromatic amines is 1. The van der Waals surface area contributed by atoms with Gasteiger partial charge in [-0.15, -0.1) is 0 Å². The first-order valence-corrected chi connectivity index (χ1v) is 16.2. The first-order valence-electron chi connectivity index (χ1n) is 16.2. The fourth-order valence-corrected chi connectivity index (χ4v) is 13.3. The molecule has 5 aliphatic carbocycles. The van der Waals surface area contributed by atoms with Crippen molar-refractivity contribution >= 4 is 10.9 Å². The van der Waals surface area contributed by atoms with Gasteiger partial charge < -0.3 is 9.72 Å². The van der Waals surface area contributed by atoms with Gasteiger partial charge in [0, 0.05) is 22.0 Å².